The molecule has 0 fully saturated rings. The number of nitrogens with zero attached hydrogens (tertiary/aromatic N) is 1. The third-order valence-corrected chi connectivity index (χ3v) is 5.29. The van der Waals surface area contributed by atoms with Gasteiger partial charge in [0, 0.05) is 12.0 Å². The first kappa shape index (κ1) is 24.8. The van der Waals surface area contributed by atoms with E-state index in [1.54, 1.807) is 12.2 Å². The summed E-state index contributed by atoms with van der Waals surface area (Å²) in [7, 11) is 1.29. The van der Waals surface area contributed by atoms with Crippen molar-refractivity contribution in [2.75, 3.05) is 13.7 Å². The largest absolute Gasteiger partial charge is 0.466 e. The smallest absolute Gasteiger partial charge is 0.354 e. The molecular weight excluding hydrogens is 453 g/mol. The number of rotatable bonds is 6. The maximum Gasteiger partial charge on any atom is 0.354 e. The van der Waals surface area contributed by atoms with Gasteiger partial charge >= 0.3 is 11.9 Å². The summed E-state index contributed by atoms with van der Waals surface area (Å²) in [4.78, 5) is 39.1. The Balaban J connectivity index is 2.25. The standard InChI is InChI=1S/C21H26Cl3NO5/c1-29-18(26)13-7-9-15-8-6-12-17(20(28)30-14-21(22,23)24)25(19(15)27)16-10-4-2-3-5-11-16/h4,7,10,12-13,15-16H,2-3,5-6,8-9,11,14H2,1H3. The van der Waals surface area contributed by atoms with E-state index in [1.165, 1.54) is 18.1 Å². The predicted octanol–water partition coefficient (Wildman–Crippen LogP) is 4.64. The number of alkyl halides is 3. The number of carbonyl (C=O) groups excluding carboxylic acids is 3. The van der Waals surface area contributed by atoms with Gasteiger partial charge in [0.05, 0.1) is 13.2 Å². The molecule has 0 spiro atoms. The van der Waals surface area contributed by atoms with Gasteiger partial charge in [0.2, 0.25) is 9.70 Å². The SMILES string of the molecule is COC(=O)C=CCC1CCC=C(C(=O)OCC(Cl)(Cl)Cl)N(C2C=CCCCC2)C1=O. The first-order valence-corrected chi connectivity index (χ1v) is 11.0. The molecule has 0 bridgehead atoms. The fourth-order valence-corrected chi connectivity index (χ4v) is 3.66. The second-order valence-corrected chi connectivity index (χ2v) is 9.72. The Morgan fingerprint density at radius 3 is 2.70 bits per heavy atom. The maximum absolute atomic E-state index is 13.4. The topological polar surface area (TPSA) is 72.9 Å². The van der Waals surface area contributed by atoms with Gasteiger partial charge < -0.3 is 9.47 Å². The number of amides is 1. The summed E-state index contributed by atoms with van der Waals surface area (Å²) in [6.45, 7) is -0.415. The Morgan fingerprint density at radius 2 is 2.00 bits per heavy atom. The molecule has 2 aliphatic rings. The summed E-state index contributed by atoms with van der Waals surface area (Å²) in [5.41, 5.74) is 0.172. The zero-order valence-electron chi connectivity index (χ0n) is 16.8. The lowest BCUT2D eigenvalue weighted by Gasteiger charge is -2.32. The summed E-state index contributed by atoms with van der Waals surface area (Å²) in [5.74, 6) is -1.74. The average molecular weight is 479 g/mol. The minimum atomic E-state index is -1.74. The Labute approximate surface area is 191 Å². The average Bonchev–Trinajstić information content (AvgIpc) is 3.05. The van der Waals surface area contributed by atoms with Gasteiger partial charge in [0.1, 0.15) is 12.3 Å². The molecule has 30 heavy (non-hydrogen) atoms. The molecule has 2 rings (SSSR count). The zero-order valence-corrected chi connectivity index (χ0v) is 19.1. The predicted molar refractivity (Wildman–Crippen MR) is 116 cm³/mol. The van der Waals surface area contributed by atoms with Crippen LogP contribution < -0.4 is 0 Å². The molecular formula is C21H26Cl3NO5. The van der Waals surface area contributed by atoms with Crippen LogP contribution in [0.5, 0.6) is 0 Å². The van der Waals surface area contributed by atoms with Crippen molar-refractivity contribution in [1.82, 2.24) is 4.90 Å². The zero-order chi connectivity index (χ0) is 22.1. The maximum atomic E-state index is 13.4. The van der Waals surface area contributed by atoms with Gasteiger partial charge in [-0.1, -0.05) is 65.5 Å². The van der Waals surface area contributed by atoms with E-state index in [4.69, 9.17) is 39.5 Å². The van der Waals surface area contributed by atoms with Crippen molar-refractivity contribution >= 4 is 52.6 Å². The van der Waals surface area contributed by atoms with Crippen molar-refractivity contribution in [1.29, 1.82) is 0 Å². The minimum Gasteiger partial charge on any atom is -0.466 e. The molecule has 0 N–H and O–H groups in total. The highest BCUT2D eigenvalue weighted by molar-refractivity contribution is 6.67. The number of esters is 2. The van der Waals surface area contributed by atoms with Crippen molar-refractivity contribution in [3.8, 4) is 0 Å². The lowest BCUT2D eigenvalue weighted by atomic mass is 9.97. The summed E-state index contributed by atoms with van der Waals surface area (Å²) in [5, 5.41) is 0. The molecule has 0 aromatic rings. The summed E-state index contributed by atoms with van der Waals surface area (Å²) in [6, 6.07) is -0.253. The molecule has 1 aliphatic heterocycles. The highest BCUT2D eigenvalue weighted by atomic mass is 35.6. The van der Waals surface area contributed by atoms with Gasteiger partial charge in [-0.2, -0.15) is 0 Å². The van der Waals surface area contributed by atoms with E-state index < -0.39 is 22.3 Å². The van der Waals surface area contributed by atoms with E-state index in [0.717, 1.165) is 25.7 Å². The lowest BCUT2D eigenvalue weighted by molar-refractivity contribution is -0.146. The molecule has 1 amide bonds. The van der Waals surface area contributed by atoms with Crippen LogP contribution in [0.1, 0.15) is 44.9 Å². The van der Waals surface area contributed by atoms with Gasteiger partial charge in [0.25, 0.3) is 0 Å². The van der Waals surface area contributed by atoms with E-state index in [-0.39, 0.29) is 23.6 Å². The highest BCUT2D eigenvalue weighted by Crippen LogP contribution is 2.31. The Morgan fingerprint density at radius 1 is 1.23 bits per heavy atom. The molecule has 166 valence electrons. The van der Waals surface area contributed by atoms with Gasteiger partial charge in [0.15, 0.2) is 0 Å². The van der Waals surface area contributed by atoms with Crippen LogP contribution in [-0.4, -0.2) is 46.3 Å². The molecule has 2 unspecified atom stereocenters. The van der Waals surface area contributed by atoms with E-state index in [9.17, 15) is 14.4 Å². The number of methoxy groups -OCH3 is 1. The number of hydrogen-bond donors (Lipinski definition) is 0. The lowest BCUT2D eigenvalue weighted by Crippen LogP contribution is -2.43. The molecule has 1 heterocycles. The molecule has 0 saturated carbocycles. The van der Waals surface area contributed by atoms with E-state index in [0.29, 0.717) is 19.3 Å². The van der Waals surface area contributed by atoms with Crippen LogP contribution in [0.2, 0.25) is 0 Å². The fraction of sp³-hybridized carbons (Fsp3) is 0.571. The normalized spacial score (nSPS) is 23.0. The van der Waals surface area contributed by atoms with Crippen LogP contribution >= 0.6 is 34.8 Å². The van der Waals surface area contributed by atoms with Crippen molar-refractivity contribution in [2.24, 2.45) is 5.92 Å². The second kappa shape index (κ2) is 11.8. The van der Waals surface area contributed by atoms with E-state index in [2.05, 4.69) is 4.74 Å². The van der Waals surface area contributed by atoms with Crippen LogP contribution in [-0.2, 0) is 23.9 Å². The Hall–Kier alpha value is -1.50. The van der Waals surface area contributed by atoms with Gasteiger partial charge in [-0.05, 0) is 38.5 Å². The minimum absolute atomic E-state index is 0.172. The summed E-state index contributed by atoms with van der Waals surface area (Å²) in [6.07, 6.45) is 13.7. The Kier molecular flexibility index (Phi) is 9.72. The van der Waals surface area contributed by atoms with E-state index in [1.807, 2.05) is 12.2 Å². The molecule has 0 saturated heterocycles. The number of ether oxygens (including phenoxy) is 2. The van der Waals surface area contributed by atoms with Crippen LogP contribution in [0.25, 0.3) is 0 Å². The first-order valence-electron chi connectivity index (χ1n) is 9.91. The molecule has 6 nitrogen and oxygen atoms in total. The van der Waals surface area contributed by atoms with Crippen LogP contribution in [0.15, 0.2) is 36.1 Å². The number of halogens is 3. The third-order valence-electron chi connectivity index (χ3n) is 4.96. The second-order valence-electron chi connectivity index (χ2n) is 7.20. The first-order chi connectivity index (χ1) is 14.2. The van der Waals surface area contributed by atoms with Crippen molar-refractivity contribution in [3.63, 3.8) is 0 Å². The molecule has 2 atom stereocenters. The highest BCUT2D eigenvalue weighted by Gasteiger charge is 2.36. The molecule has 1 aliphatic carbocycles. The molecule has 0 aromatic carbocycles. The van der Waals surface area contributed by atoms with Gasteiger partial charge in [-0.25, -0.2) is 9.59 Å². The van der Waals surface area contributed by atoms with Crippen LogP contribution in [0, 0.1) is 5.92 Å². The van der Waals surface area contributed by atoms with E-state index >= 15 is 0 Å². The van der Waals surface area contributed by atoms with Crippen LogP contribution in [0.3, 0.4) is 0 Å². The number of carbonyl (C=O) groups is 3. The number of hydrogen-bond acceptors (Lipinski definition) is 5. The van der Waals surface area contributed by atoms with Crippen molar-refractivity contribution < 1.29 is 23.9 Å². The quantitative estimate of drug-likeness (QED) is 0.241. The van der Waals surface area contributed by atoms with Crippen molar-refractivity contribution in [2.45, 2.75) is 54.8 Å². The third kappa shape index (κ3) is 7.64. The van der Waals surface area contributed by atoms with Gasteiger partial charge in [-0.15, -0.1) is 0 Å². The fourth-order valence-electron chi connectivity index (χ4n) is 3.50. The number of allylic oxidation sites excluding steroid dienone is 3. The van der Waals surface area contributed by atoms with Crippen molar-refractivity contribution in [3.05, 3.63) is 36.1 Å². The van der Waals surface area contributed by atoms with Crippen LogP contribution in [0.4, 0.5) is 0 Å². The Bertz CT molecular complexity index is 727. The molecule has 0 aromatic heterocycles. The summed E-state index contributed by atoms with van der Waals surface area (Å²) >= 11 is 17.1. The molecule has 0 radical (unpaired) electrons. The molecule has 9 heteroatoms. The van der Waals surface area contributed by atoms with Gasteiger partial charge in [-0.3, -0.25) is 9.69 Å². The summed E-state index contributed by atoms with van der Waals surface area (Å²) < 4.78 is 8.02. The monoisotopic (exact) mass is 477 g/mol.